The number of para-hydroxylation sites is 1. The Morgan fingerprint density at radius 2 is 1.43 bits per heavy atom. The largest absolute Gasteiger partial charge is 0.481 e. The maximum absolute atomic E-state index is 12.9. The minimum absolute atomic E-state index is 0.155. The van der Waals surface area contributed by atoms with Gasteiger partial charge in [0, 0.05) is 23.5 Å². The molecule has 1 heterocycles. The van der Waals surface area contributed by atoms with Crippen LogP contribution in [0.25, 0.3) is 10.9 Å². The normalized spacial score (nSPS) is 14.1. The number of carboxylic acids is 2. The van der Waals surface area contributed by atoms with Crippen LogP contribution in [0.5, 0.6) is 0 Å². The number of H-pyrrole nitrogens is 1. The summed E-state index contributed by atoms with van der Waals surface area (Å²) in [5.74, 6) is -7.20. The number of aliphatic carboxylic acids is 2. The van der Waals surface area contributed by atoms with Gasteiger partial charge in [0.15, 0.2) is 0 Å². The van der Waals surface area contributed by atoms with Gasteiger partial charge in [0.2, 0.25) is 23.6 Å². The highest BCUT2D eigenvalue weighted by Gasteiger charge is 2.32. The Morgan fingerprint density at radius 3 is 2.00 bits per heavy atom. The van der Waals surface area contributed by atoms with Crippen molar-refractivity contribution in [2.45, 2.75) is 43.4 Å². The van der Waals surface area contributed by atoms with E-state index in [0.29, 0.717) is 5.56 Å². The van der Waals surface area contributed by atoms with Crippen molar-refractivity contribution in [2.75, 3.05) is 6.61 Å². The molecule has 4 amide bonds. The number of aromatic amines is 1. The zero-order valence-corrected chi connectivity index (χ0v) is 19.5. The van der Waals surface area contributed by atoms with Crippen LogP contribution in [-0.4, -0.2) is 86.6 Å². The monoisotopic (exact) mass is 520 g/mol. The predicted octanol–water partition coefficient (Wildman–Crippen LogP) is -3.08. The number of nitrogens with one attached hydrogen (secondary N) is 4. The van der Waals surface area contributed by atoms with Crippen LogP contribution in [0.2, 0.25) is 0 Å². The minimum atomic E-state index is -1.77. The molecule has 4 unspecified atom stereocenters. The molecule has 0 saturated heterocycles. The summed E-state index contributed by atoms with van der Waals surface area (Å²) in [5, 5.41) is 35.0. The van der Waals surface area contributed by atoms with Crippen LogP contribution in [0.4, 0.5) is 0 Å². The summed E-state index contributed by atoms with van der Waals surface area (Å²) in [7, 11) is 0. The molecular weight excluding hydrogens is 492 g/mol. The lowest BCUT2D eigenvalue weighted by atomic mass is 10.0. The van der Waals surface area contributed by atoms with E-state index in [-0.39, 0.29) is 6.42 Å². The fourth-order valence-corrected chi connectivity index (χ4v) is 3.42. The van der Waals surface area contributed by atoms with Crippen molar-refractivity contribution >= 4 is 46.5 Å². The van der Waals surface area contributed by atoms with Crippen LogP contribution in [-0.2, 0) is 35.2 Å². The van der Waals surface area contributed by atoms with E-state index in [1.54, 1.807) is 30.5 Å². The second-order valence-electron chi connectivity index (χ2n) is 8.14. The third-order valence-electron chi connectivity index (χ3n) is 5.30. The standard InChI is InChI=1S/C22H28N6O9/c23-12(9-29)19(33)26-14(6-17(24)30)20(34)27-15(7-18(31)32)21(35)28-16(22(36)37)5-10-8-25-13-4-2-1-3-11(10)13/h1-4,8,12,14-16,25,29H,5-7,9,23H2,(H2,24,30)(H,26,33)(H,27,34)(H,28,35)(H,31,32)(H,36,37). The molecule has 15 nitrogen and oxygen atoms in total. The van der Waals surface area contributed by atoms with Gasteiger partial charge in [0.1, 0.15) is 24.2 Å². The van der Waals surface area contributed by atoms with Gasteiger partial charge in [0.25, 0.3) is 0 Å². The van der Waals surface area contributed by atoms with Crippen molar-refractivity contribution in [1.29, 1.82) is 0 Å². The molecule has 0 fully saturated rings. The van der Waals surface area contributed by atoms with Crippen molar-refractivity contribution in [3.05, 3.63) is 36.0 Å². The Hall–Kier alpha value is -4.50. The lowest BCUT2D eigenvalue weighted by molar-refractivity contribution is -0.143. The number of primary amides is 1. The smallest absolute Gasteiger partial charge is 0.326 e. The molecule has 2 rings (SSSR count). The van der Waals surface area contributed by atoms with Crippen LogP contribution in [0.1, 0.15) is 18.4 Å². The number of nitrogens with two attached hydrogens (primary N) is 2. The molecule has 15 heteroatoms. The van der Waals surface area contributed by atoms with E-state index in [1.807, 2.05) is 0 Å². The van der Waals surface area contributed by atoms with Gasteiger partial charge in [-0.25, -0.2) is 4.79 Å². The Labute approximate surface area is 209 Å². The number of rotatable bonds is 14. The molecule has 11 N–H and O–H groups in total. The van der Waals surface area contributed by atoms with E-state index in [2.05, 4.69) is 20.9 Å². The number of hydrogen-bond acceptors (Lipinski definition) is 8. The number of amides is 4. The fourth-order valence-electron chi connectivity index (χ4n) is 3.42. The van der Waals surface area contributed by atoms with E-state index in [0.717, 1.165) is 10.9 Å². The quantitative estimate of drug-likeness (QED) is 0.121. The van der Waals surface area contributed by atoms with Gasteiger partial charge in [0.05, 0.1) is 19.4 Å². The van der Waals surface area contributed by atoms with E-state index in [4.69, 9.17) is 16.6 Å². The van der Waals surface area contributed by atoms with Gasteiger partial charge in [-0.2, -0.15) is 0 Å². The summed E-state index contributed by atoms with van der Waals surface area (Å²) in [6.07, 6.45) is -0.241. The van der Waals surface area contributed by atoms with Crippen molar-refractivity contribution in [1.82, 2.24) is 20.9 Å². The molecule has 0 aliphatic carbocycles. The highest BCUT2D eigenvalue weighted by atomic mass is 16.4. The second-order valence-corrected chi connectivity index (χ2v) is 8.14. The highest BCUT2D eigenvalue weighted by Crippen LogP contribution is 2.19. The molecule has 0 spiro atoms. The topological polar surface area (TPSA) is 267 Å². The first-order chi connectivity index (χ1) is 17.4. The molecule has 0 aliphatic rings. The lowest BCUT2D eigenvalue weighted by Crippen LogP contribution is -2.58. The maximum Gasteiger partial charge on any atom is 0.326 e. The Kier molecular flexibility index (Phi) is 10.1. The molecule has 0 aliphatic heterocycles. The highest BCUT2D eigenvalue weighted by molar-refractivity contribution is 5.97. The number of carbonyl (C=O) groups excluding carboxylic acids is 4. The SMILES string of the molecule is NC(=O)CC(NC(=O)C(N)CO)C(=O)NC(CC(=O)O)C(=O)NC(Cc1c[nH]c2ccccc12)C(=O)O. The Bertz CT molecular complexity index is 1180. The van der Waals surface area contributed by atoms with Gasteiger partial charge >= 0.3 is 11.9 Å². The van der Waals surface area contributed by atoms with Crippen molar-refractivity contribution in [2.24, 2.45) is 11.5 Å². The van der Waals surface area contributed by atoms with Gasteiger partial charge in [-0.15, -0.1) is 0 Å². The molecule has 2 aromatic rings. The fraction of sp³-hybridized carbons (Fsp3) is 0.364. The molecule has 200 valence electrons. The predicted molar refractivity (Wildman–Crippen MR) is 127 cm³/mol. The molecule has 0 bridgehead atoms. The number of benzene rings is 1. The maximum atomic E-state index is 12.9. The molecule has 0 saturated carbocycles. The second kappa shape index (κ2) is 13.0. The number of aliphatic hydroxyl groups is 1. The van der Waals surface area contributed by atoms with Gasteiger partial charge in [-0.05, 0) is 11.6 Å². The zero-order valence-electron chi connectivity index (χ0n) is 19.5. The number of aliphatic hydroxyl groups excluding tert-OH is 1. The molecule has 0 radical (unpaired) electrons. The summed E-state index contributed by atoms with van der Waals surface area (Å²) < 4.78 is 0. The van der Waals surface area contributed by atoms with Crippen molar-refractivity contribution in [3.8, 4) is 0 Å². The van der Waals surface area contributed by atoms with E-state index < -0.39 is 79.2 Å². The van der Waals surface area contributed by atoms with Crippen molar-refractivity contribution < 1.29 is 44.1 Å². The first-order valence-electron chi connectivity index (χ1n) is 11.0. The third kappa shape index (κ3) is 8.29. The third-order valence-corrected chi connectivity index (χ3v) is 5.30. The minimum Gasteiger partial charge on any atom is -0.481 e. The van der Waals surface area contributed by atoms with E-state index in [1.165, 1.54) is 0 Å². The van der Waals surface area contributed by atoms with E-state index >= 15 is 0 Å². The first kappa shape index (κ1) is 28.7. The molecule has 1 aromatic heterocycles. The summed E-state index contributed by atoms with van der Waals surface area (Å²) in [4.78, 5) is 75.1. The number of hydrogen-bond donors (Lipinski definition) is 9. The van der Waals surface area contributed by atoms with Crippen LogP contribution < -0.4 is 27.4 Å². The van der Waals surface area contributed by atoms with Gasteiger partial charge in [-0.1, -0.05) is 18.2 Å². The van der Waals surface area contributed by atoms with Gasteiger partial charge < -0.3 is 47.7 Å². The molecule has 1 aromatic carbocycles. The first-order valence-corrected chi connectivity index (χ1v) is 11.0. The zero-order chi connectivity index (χ0) is 27.7. The molecular formula is C22H28N6O9. The van der Waals surface area contributed by atoms with Crippen LogP contribution in [0, 0.1) is 0 Å². The van der Waals surface area contributed by atoms with Gasteiger partial charge in [-0.3, -0.25) is 24.0 Å². The van der Waals surface area contributed by atoms with Crippen LogP contribution in [0.15, 0.2) is 30.5 Å². The average molecular weight is 520 g/mol. The van der Waals surface area contributed by atoms with Crippen LogP contribution >= 0.6 is 0 Å². The van der Waals surface area contributed by atoms with E-state index in [9.17, 15) is 39.0 Å². The molecule has 4 atom stereocenters. The Morgan fingerprint density at radius 1 is 0.865 bits per heavy atom. The summed E-state index contributed by atoms with van der Waals surface area (Å²) in [5.41, 5.74) is 11.8. The Balaban J connectivity index is 2.20. The summed E-state index contributed by atoms with van der Waals surface area (Å²) >= 11 is 0. The number of aromatic nitrogens is 1. The van der Waals surface area contributed by atoms with Crippen molar-refractivity contribution in [3.63, 3.8) is 0 Å². The average Bonchev–Trinajstić information content (AvgIpc) is 3.24. The lowest BCUT2D eigenvalue weighted by Gasteiger charge is -2.24. The van der Waals surface area contributed by atoms with Crippen LogP contribution in [0.3, 0.4) is 0 Å². The number of carboxylic acid groups (broad SMARTS) is 2. The summed E-state index contributed by atoms with van der Waals surface area (Å²) in [6.45, 7) is -0.770. The number of carbonyl (C=O) groups is 6. The number of fused-ring (bicyclic) bond motifs is 1. The summed E-state index contributed by atoms with van der Waals surface area (Å²) in [6, 6.07) is 0.739. The molecule has 37 heavy (non-hydrogen) atoms.